The van der Waals surface area contributed by atoms with Gasteiger partial charge in [0.2, 0.25) is 5.91 Å². The van der Waals surface area contributed by atoms with E-state index >= 15 is 0 Å². The fourth-order valence-corrected chi connectivity index (χ4v) is 4.20. The smallest absolute Gasteiger partial charge is 0.272 e. The Balaban J connectivity index is 0.00000306. The van der Waals surface area contributed by atoms with Gasteiger partial charge in [-0.1, -0.05) is 6.07 Å². The summed E-state index contributed by atoms with van der Waals surface area (Å²) < 4.78 is 1.58. The van der Waals surface area contributed by atoms with Crippen LogP contribution in [0.25, 0.3) is 11.0 Å². The highest BCUT2D eigenvalue weighted by atomic mass is 35.5. The van der Waals surface area contributed by atoms with E-state index in [1.807, 2.05) is 36.9 Å². The van der Waals surface area contributed by atoms with E-state index in [1.165, 1.54) is 6.20 Å². The Morgan fingerprint density at radius 2 is 1.88 bits per heavy atom. The minimum atomic E-state index is -0.681. The maximum Gasteiger partial charge on any atom is 0.272 e. The fourth-order valence-electron chi connectivity index (χ4n) is 4.20. The number of carbonyl (C=O) groups excluding carboxylic acids is 1. The lowest BCUT2D eigenvalue weighted by Gasteiger charge is -2.29. The molecule has 9 heteroatoms. The summed E-state index contributed by atoms with van der Waals surface area (Å²) >= 11 is 0. The van der Waals surface area contributed by atoms with Crippen molar-refractivity contribution in [1.29, 1.82) is 5.41 Å². The second-order valence-corrected chi connectivity index (χ2v) is 8.88. The Labute approximate surface area is 198 Å². The molecule has 1 fully saturated rings. The number of nitrogens with two attached hydrogens (primary N) is 1. The molecular weight excluding hydrogens is 440 g/mol. The van der Waals surface area contributed by atoms with Gasteiger partial charge in [-0.3, -0.25) is 20.0 Å². The Kier molecular flexibility index (Phi) is 6.88. The van der Waals surface area contributed by atoms with Gasteiger partial charge >= 0.3 is 0 Å². The number of nitrogens with zero attached hydrogens (tertiary/aromatic N) is 4. The number of hydrogen-bond acceptors (Lipinski definition) is 5. The number of nitrogens with one attached hydrogen (secondary N) is 1. The molecule has 0 aliphatic carbocycles. The number of aryl methyl sites for hydroxylation is 1. The fraction of sp³-hybridized carbons (Fsp3) is 0.375. The standard InChI is InChI=1S/C24H28N6O2.ClH/c1-24(2,23(32)30-10-4-5-11-30)16-7-9-20-18(12-16)28-19(22(31)29(20)3)13-17-8-6-15(14-27-17)21(25)26;/h6-9,12,14H,4-5,10-11,13H2,1-3H3,(H3,25,26);1H. The zero-order valence-corrected chi connectivity index (χ0v) is 19.9. The first-order valence-electron chi connectivity index (χ1n) is 10.8. The molecule has 3 heterocycles. The number of halogens is 1. The molecule has 1 aromatic carbocycles. The van der Waals surface area contributed by atoms with Crippen molar-refractivity contribution in [3.63, 3.8) is 0 Å². The van der Waals surface area contributed by atoms with Gasteiger partial charge in [-0.2, -0.15) is 0 Å². The van der Waals surface area contributed by atoms with Crippen molar-refractivity contribution >= 4 is 35.2 Å². The van der Waals surface area contributed by atoms with Crippen LogP contribution in [-0.2, 0) is 23.7 Å². The number of pyridine rings is 1. The highest BCUT2D eigenvalue weighted by Crippen LogP contribution is 2.29. The Hall–Kier alpha value is -3.26. The third-order valence-corrected chi connectivity index (χ3v) is 6.28. The van der Waals surface area contributed by atoms with Crippen LogP contribution in [0.1, 0.15) is 49.2 Å². The number of rotatable bonds is 5. The molecule has 1 aliphatic rings. The second kappa shape index (κ2) is 9.31. The summed E-state index contributed by atoms with van der Waals surface area (Å²) in [5.74, 6) is 0.0663. The molecule has 0 saturated carbocycles. The zero-order valence-electron chi connectivity index (χ0n) is 19.1. The number of carbonyl (C=O) groups is 1. The molecular formula is C24H29ClN6O2. The van der Waals surface area contributed by atoms with Crippen LogP contribution in [-0.4, -0.2) is 44.3 Å². The second-order valence-electron chi connectivity index (χ2n) is 8.88. The zero-order chi connectivity index (χ0) is 23.0. The lowest BCUT2D eigenvalue weighted by Crippen LogP contribution is -2.42. The number of aromatic nitrogens is 3. The van der Waals surface area contributed by atoms with Crippen LogP contribution in [0.3, 0.4) is 0 Å². The highest BCUT2D eigenvalue weighted by Gasteiger charge is 2.35. The van der Waals surface area contributed by atoms with E-state index in [9.17, 15) is 9.59 Å². The van der Waals surface area contributed by atoms with Crippen LogP contribution in [0.5, 0.6) is 0 Å². The van der Waals surface area contributed by atoms with E-state index < -0.39 is 5.41 Å². The number of nitrogen functional groups attached to an aromatic ring is 1. The van der Waals surface area contributed by atoms with E-state index in [0.29, 0.717) is 28.0 Å². The summed E-state index contributed by atoms with van der Waals surface area (Å²) in [4.78, 5) is 36.9. The van der Waals surface area contributed by atoms with Crippen molar-refractivity contribution in [3.05, 3.63) is 69.4 Å². The molecule has 0 bridgehead atoms. The van der Waals surface area contributed by atoms with E-state index in [0.717, 1.165) is 31.5 Å². The van der Waals surface area contributed by atoms with Crippen LogP contribution in [0.2, 0.25) is 0 Å². The van der Waals surface area contributed by atoms with Crippen LogP contribution in [0.4, 0.5) is 0 Å². The van der Waals surface area contributed by atoms with Gasteiger partial charge in [-0.05, 0) is 56.5 Å². The first kappa shape index (κ1) is 24.4. The third-order valence-electron chi connectivity index (χ3n) is 6.28. The molecule has 33 heavy (non-hydrogen) atoms. The van der Waals surface area contributed by atoms with Crippen molar-refractivity contribution in [2.24, 2.45) is 12.8 Å². The number of amidine groups is 1. The van der Waals surface area contributed by atoms with Gasteiger partial charge in [0.25, 0.3) is 5.56 Å². The van der Waals surface area contributed by atoms with E-state index in [2.05, 4.69) is 9.97 Å². The van der Waals surface area contributed by atoms with Crippen molar-refractivity contribution < 1.29 is 4.79 Å². The molecule has 2 aromatic heterocycles. The molecule has 0 radical (unpaired) electrons. The lowest BCUT2D eigenvalue weighted by atomic mass is 9.83. The molecule has 1 saturated heterocycles. The number of hydrogen-bond donors (Lipinski definition) is 2. The Bertz CT molecular complexity index is 1260. The van der Waals surface area contributed by atoms with E-state index in [4.69, 9.17) is 11.1 Å². The highest BCUT2D eigenvalue weighted by molar-refractivity contribution is 5.94. The lowest BCUT2D eigenvalue weighted by molar-refractivity contribution is -0.135. The maximum absolute atomic E-state index is 13.1. The summed E-state index contributed by atoms with van der Waals surface area (Å²) in [6.45, 7) is 5.50. The maximum atomic E-state index is 13.1. The Morgan fingerprint density at radius 1 is 1.18 bits per heavy atom. The van der Waals surface area contributed by atoms with Gasteiger partial charge in [-0.25, -0.2) is 4.98 Å². The topological polar surface area (TPSA) is 118 Å². The predicted molar refractivity (Wildman–Crippen MR) is 131 cm³/mol. The van der Waals surface area contributed by atoms with Gasteiger partial charge in [0.05, 0.1) is 16.4 Å². The molecule has 0 atom stereocenters. The van der Waals surface area contributed by atoms with E-state index in [-0.39, 0.29) is 36.1 Å². The largest absolute Gasteiger partial charge is 0.384 e. The normalized spacial score (nSPS) is 13.7. The van der Waals surface area contributed by atoms with Gasteiger partial charge < -0.3 is 15.2 Å². The van der Waals surface area contributed by atoms with Crippen LogP contribution in [0.15, 0.2) is 41.3 Å². The molecule has 4 rings (SSSR count). The quantitative estimate of drug-likeness (QED) is 0.440. The van der Waals surface area contributed by atoms with Crippen molar-refractivity contribution in [2.45, 2.75) is 38.5 Å². The number of benzene rings is 1. The summed E-state index contributed by atoms with van der Waals surface area (Å²) in [5.41, 5.74) is 8.45. The van der Waals surface area contributed by atoms with Gasteiger partial charge in [0, 0.05) is 44.0 Å². The van der Waals surface area contributed by atoms with Crippen LogP contribution < -0.4 is 11.3 Å². The number of amides is 1. The molecule has 0 spiro atoms. The SMILES string of the molecule is Cl.Cn1c(=O)c(Cc2ccc(C(=N)N)cn2)nc2cc(C(C)(C)C(=O)N3CCCC3)ccc21. The van der Waals surface area contributed by atoms with Gasteiger partial charge in [0.15, 0.2) is 0 Å². The molecule has 0 unspecified atom stereocenters. The molecule has 1 aliphatic heterocycles. The molecule has 1 amide bonds. The van der Waals surface area contributed by atoms with Gasteiger partial charge in [-0.15, -0.1) is 12.4 Å². The molecule has 3 aromatic rings. The monoisotopic (exact) mass is 468 g/mol. The molecule has 8 nitrogen and oxygen atoms in total. The first-order valence-corrected chi connectivity index (χ1v) is 10.8. The van der Waals surface area contributed by atoms with E-state index in [1.54, 1.807) is 23.7 Å². The number of likely N-dealkylation sites (tertiary alicyclic amines) is 1. The average molecular weight is 469 g/mol. The van der Waals surface area contributed by atoms with Crippen molar-refractivity contribution in [2.75, 3.05) is 13.1 Å². The first-order chi connectivity index (χ1) is 15.2. The minimum Gasteiger partial charge on any atom is -0.384 e. The Morgan fingerprint density at radius 3 is 2.48 bits per heavy atom. The van der Waals surface area contributed by atoms with Gasteiger partial charge in [0.1, 0.15) is 11.5 Å². The molecule has 3 N–H and O–H groups in total. The summed E-state index contributed by atoms with van der Waals surface area (Å²) in [5, 5.41) is 7.48. The summed E-state index contributed by atoms with van der Waals surface area (Å²) in [7, 11) is 1.72. The average Bonchev–Trinajstić information content (AvgIpc) is 3.31. The summed E-state index contributed by atoms with van der Waals surface area (Å²) in [6, 6.07) is 9.15. The summed E-state index contributed by atoms with van der Waals surface area (Å²) in [6.07, 6.45) is 3.89. The third kappa shape index (κ3) is 4.61. The van der Waals surface area contributed by atoms with Crippen LogP contribution >= 0.6 is 12.4 Å². The minimum absolute atomic E-state index is 0. The molecule has 174 valence electrons. The van der Waals surface area contributed by atoms with Crippen molar-refractivity contribution in [3.8, 4) is 0 Å². The predicted octanol–water partition coefficient (Wildman–Crippen LogP) is 2.53. The number of fused-ring (bicyclic) bond motifs is 1. The van der Waals surface area contributed by atoms with Crippen molar-refractivity contribution in [1.82, 2.24) is 19.4 Å². The van der Waals surface area contributed by atoms with Crippen LogP contribution in [0, 0.1) is 5.41 Å².